The molecule has 4 aromatic rings. The zero-order valence-corrected chi connectivity index (χ0v) is 31.7. The molecule has 11 nitrogen and oxygen atoms in total. The highest BCUT2D eigenvalue weighted by Gasteiger charge is 2.59. The maximum Gasteiger partial charge on any atom is 0.262 e. The second-order valence-electron chi connectivity index (χ2n) is 14.8. The summed E-state index contributed by atoms with van der Waals surface area (Å²) in [5, 5.41) is 1.92. The lowest BCUT2D eigenvalue weighted by molar-refractivity contribution is -0.460. The van der Waals surface area contributed by atoms with Crippen molar-refractivity contribution in [1.82, 2.24) is 9.97 Å². The quantitative estimate of drug-likeness (QED) is 0.170. The van der Waals surface area contributed by atoms with E-state index in [0.29, 0.717) is 23.8 Å². The van der Waals surface area contributed by atoms with Gasteiger partial charge in [-0.25, -0.2) is 9.97 Å². The summed E-state index contributed by atoms with van der Waals surface area (Å²) in [6.45, 7) is 16.0. The zero-order valence-electron chi connectivity index (χ0n) is 30.7. The molecule has 0 saturated carbocycles. The zero-order chi connectivity index (χ0) is 36.0. The maximum atomic E-state index is 7.46. The van der Waals surface area contributed by atoms with Crippen LogP contribution in [0.5, 0.6) is 0 Å². The third-order valence-electron chi connectivity index (χ3n) is 10.0. The standard InChI is InChI=1S/C38H50N2O9Si/c1-25-32(48-38(8,42-10)37(7,41-9)45-25)30-21-29(46-36(5,6)47-30)28-23-43-34(40-28)33(31-22-39-24-44-31)49-50(35(2,3)4,26-17-13-11-14-18-26)27-19-15-12-16-20-27/h11-20,22-25,29-30,32-33H,21H2,1-10H3/t25-,29+,30-,32+,33+,37+,38+/m1/s1. The van der Waals surface area contributed by atoms with Crippen molar-refractivity contribution in [2.75, 3.05) is 14.2 Å². The molecule has 0 aliphatic carbocycles. The van der Waals surface area contributed by atoms with Gasteiger partial charge in [0.05, 0.1) is 18.4 Å². The molecule has 2 aromatic heterocycles. The van der Waals surface area contributed by atoms with Gasteiger partial charge in [0.15, 0.2) is 24.0 Å². The molecule has 0 spiro atoms. The molecule has 12 heteroatoms. The first-order chi connectivity index (χ1) is 23.7. The van der Waals surface area contributed by atoms with Crippen molar-refractivity contribution < 1.29 is 41.7 Å². The SMILES string of the molecule is CO[C@@]1(C)O[C@H]([C@H]2C[C@@H](c3coc([C@@H](O[Si](c4ccccc4)(c4ccccc4)C(C)(C)C)c4cnco4)n3)OC(C)(C)O2)[C@@H](C)O[C@]1(C)OC. The van der Waals surface area contributed by atoms with E-state index in [1.165, 1.54) is 6.39 Å². The molecule has 2 aliphatic heterocycles. The number of hydrogen-bond acceptors (Lipinski definition) is 11. The van der Waals surface area contributed by atoms with Crippen LogP contribution in [0.1, 0.15) is 91.4 Å². The third-order valence-corrected chi connectivity index (χ3v) is 15.0. The van der Waals surface area contributed by atoms with E-state index < -0.39 is 50.1 Å². The summed E-state index contributed by atoms with van der Waals surface area (Å²) in [6.07, 6.45) is 2.47. The molecule has 270 valence electrons. The lowest BCUT2D eigenvalue weighted by Gasteiger charge is -2.54. The van der Waals surface area contributed by atoms with Gasteiger partial charge in [-0.05, 0) is 50.0 Å². The van der Waals surface area contributed by atoms with Gasteiger partial charge in [0.1, 0.15) is 24.2 Å². The molecular weight excluding hydrogens is 657 g/mol. The van der Waals surface area contributed by atoms with Gasteiger partial charge >= 0.3 is 0 Å². The van der Waals surface area contributed by atoms with Crippen molar-refractivity contribution in [3.05, 3.63) is 96.9 Å². The van der Waals surface area contributed by atoms with E-state index in [2.05, 4.69) is 74.3 Å². The Morgan fingerprint density at radius 1 is 0.820 bits per heavy atom. The van der Waals surface area contributed by atoms with E-state index in [1.54, 1.807) is 40.5 Å². The molecule has 7 atom stereocenters. The Balaban J connectivity index is 1.36. The van der Waals surface area contributed by atoms with Gasteiger partial charge in [-0.1, -0.05) is 81.4 Å². The Morgan fingerprint density at radius 3 is 1.96 bits per heavy atom. The van der Waals surface area contributed by atoms with Crippen LogP contribution >= 0.6 is 0 Å². The average molecular weight is 707 g/mol. The molecular formula is C38H50N2O9Si. The normalized spacial score (nSPS) is 29.5. The number of ether oxygens (including phenoxy) is 6. The third kappa shape index (κ3) is 6.64. The lowest BCUT2D eigenvalue weighted by Crippen LogP contribution is -2.67. The monoisotopic (exact) mass is 706 g/mol. The molecule has 0 N–H and O–H groups in total. The summed E-state index contributed by atoms with van der Waals surface area (Å²) in [7, 11) is 0.0744. The van der Waals surface area contributed by atoms with Crippen LogP contribution in [0.15, 0.2) is 88.4 Å². The Labute approximate surface area is 295 Å². The van der Waals surface area contributed by atoms with E-state index in [4.69, 9.17) is 46.7 Å². The van der Waals surface area contributed by atoms with Crippen LogP contribution in [0.2, 0.25) is 5.04 Å². The van der Waals surface area contributed by atoms with Crippen molar-refractivity contribution in [3.63, 3.8) is 0 Å². The van der Waals surface area contributed by atoms with Crippen molar-refractivity contribution >= 4 is 18.7 Å². The maximum absolute atomic E-state index is 7.46. The van der Waals surface area contributed by atoms with Gasteiger partial charge < -0.3 is 41.7 Å². The number of rotatable bonds is 10. The second kappa shape index (κ2) is 13.7. The van der Waals surface area contributed by atoms with Crippen LogP contribution in [0.25, 0.3) is 0 Å². The highest BCUT2D eigenvalue weighted by molar-refractivity contribution is 6.99. The minimum atomic E-state index is -3.07. The van der Waals surface area contributed by atoms with Gasteiger partial charge in [-0.3, -0.25) is 0 Å². The van der Waals surface area contributed by atoms with E-state index >= 15 is 0 Å². The fourth-order valence-corrected chi connectivity index (χ4v) is 11.9. The Kier molecular flexibility index (Phi) is 10.1. The number of oxazole rings is 2. The Morgan fingerprint density at radius 2 is 1.42 bits per heavy atom. The molecule has 6 rings (SSSR count). The molecule has 2 fully saturated rings. The van der Waals surface area contributed by atoms with Gasteiger partial charge in [0, 0.05) is 20.6 Å². The predicted octanol–water partition coefficient (Wildman–Crippen LogP) is 6.44. The summed E-state index contributed by atoms with van der Waals surface area (Å²) >= 11 is 0. The molecule has 0 unspecified atom stereocenters. The van der Waals surface area contributed by atoms with E-state index in [-0.39, 0.29) is 11.1 Å². The summed E-state index contributed by atoms with van der Waals surface area (Å²) < 4.78 is 57.1. The number of aromatic nitrogens is 2. The van der Waals surface area contributed by atoms with Crippen molar-refractivity contribution in [3.8, 4) is 0 Å². The number of nitrogens with zero attached hydrogens (tertiary/aromatic N) is 2. The first-order valence-electron chi connectivity index (χ1n) is 17.1. The van der Waals surface area contributed by atoms with Crippen molar-refractivity contribution in [2.24, 2.45) is 0 Å². The highest BCUT2D eigenvalue weighted by Crippen LogP contribution is 2.46. The average Bonchev–Trinajstić information content (AvgIpc) is 3.80. The van der Waals surface area contributed by atoms with Crippen LogP contribution < -0.4 is 10.4 Å². The molecule has 2 aromatic carbocycles. The first kappa shape index (κ1) is 36.6. The highest BCUT2D eigenvalue weighted by atomic mass is 28.4. The van der Waals surface area contributed by atoms with Crippen LogP contribution in [-0.2, 0) is 32.8 Å². The number of hydrogen-bond donors (Lipinski definition) is 0. The summed E-state index contributed by atoms with van der Waals surface area (Å²) in [5.74, 6) is -2.47. The van der Waals surface area contributed by atoms with Crippen LogP contribution in [0.3, 0.4) is 0 Å². The second-order valence-corrected chi connectivity index (χ2v) is 19.0. The Bertz CT molecular complexity index is 1650. The van der Waals surface area contributed by atoms with E-state index in [1.807, 2.05) is 32.9 Å². The van der Waals surface area contributed by atoms with E-state index in [0.717, 1.165) is 10.4 Å². The topological polar surface area (TPSA) is 117 Å². The fraction of sp³-hybridized carbons (Fsp3) is 0.526. The molecule has 0 radical (unpaired) electrons. The molecule has 0 amide bonds. The molecule has 4 heterocycles. The first-order valence-corrected chi connectivity index (χ1v) is 19.0. The minimum absolute atomic E-state index is 0.307. The van der Waals surface area contributed by atoms with E-state index in [9.17, 15) is 0 Å². The van der Waals surface area contributed by atoms with Gasteiger partial charge in [-0.15, -0.1) is 0 Å². The van der Waals surface area contributed by atoms with Crippen LogP contribution in [0, 0.1) is 0 Å². The predicted molar refractivity (Wildman–Crippen MR) is 187 cm³/mol. The van der Waals surface area contributed by atoms with Gasteiger partial charge in [0.25, 0.3) is 8.32 Å². The smallest absolute Gasteiger partial charge is 0.262 e. The summed E-state index contributed by atoms with van der Waals surface area (Å²) in [4.78, 5) is 9.27. The van der Waals surface area contributed by atoms with Gasteiger partial charge in [-0.2, -0.15) is 0 Å². The fourth-order valence-electron chi connectivity index (χ4n) is 7.28. The molecule has 50 heavy (non-hydrogen) atoms. The minimum Gasteiger partial charge on any atom is -0.445 e. The Hall–Kier alpha value is -3.20. The van der Waals surface area contributed by atoms with Crippen molar-refractivity contribution in [1.29, 1.82) is 0 Å². The molecule has 2 saturated heterocycles. The molecule has 2 aliphatic rings. The van der Waals surface area contributed by atoms with Crippen LogP contribution in [0.4, 0.5) is 0 Å². The van der Waals surface area contributed by atoms with Gasteiger partial charge in [0.2, 0.25) is 17.5 Å². The van der Waals surface area contributed by atoms with Crippen LogP contribution in [-0.4, -0.2) is 68.2 Å². The number of methoxy groups -OCH3 is 2. The summed E-state index contributed by atoms with van der Waals surface area (Å²) in [5.41, 5.74) is 0.595. The number of benzene rings is 2. The largest absolute Gasteiger partial charge is 0.445 e. The lowest BCUT2D eigenvalue weighted by atomic mass is 9.95. The summed E-state index contributed by atoms with van der Waals surface area (Å²) in [6, 6.07) is 20.8. The molecule has 0 bridgehead atoms. The van der Waals surface area contributed by atoms with Crippen molar-refractivity contribution in [2.45, 2.75) is 115 Å².